The van der Waals surface area contributed by atoms with E-state index in [2.05, 4.69) is 27.6 Å². The maximum Gasteiger partial charge on any atom is 0.437 e. The molecule has 3 amide bonds. The third-order valence-corrected chi connectivity index (χ3v) is 8.90. The topological polar surface area (TPSA) is 151 Å². The van der Waals surface area contributed by atoms with Crippen LogP contribution in [0.15, 0.2) is 4.99 Å². The predicted octanol–water partition coefficient (Wildman–Crippen LogP) is 4.84. The van der Waals surface area contributed by atoms with Crippen molar-refractivity contribution in [1.29, 1.82) is 0 Å². The van der Waals surface area contributed by atoms with E-state index in [0.29, 0.717) is 45.5 Å². The summed E-state index contributed by atoms with van der Waals surface area (Å²) in [6, 6.07) is -0.439. The molecule has 0 aromatic rings. The highest BCUT2D eigenvalue weighted by molar-refractivity contribution is 5.99. The summed E-state index contributed by atoms with van der Waals surface area (Å²) in [6.45, 7) is 20.1. The van der Waals surface area contributed by atoms with Crippen LogP contribution in [0, 0.1) is 0 Å². The molecule has 292 valence electrons. The number of piperidine rings is 3. The van der Waals surface area contributed by atoms with Crippen molar-refractivity contribution < 1.29 is 38.1 Å². The van der Waals surface area contributed by atoms with Crippen molar-refractivity contribution in [2.24, 2.45) is 4.99 Å². The first-order chi connectivity index (χ1) is 23.7. The Bertz CT molecular complexity index is 1190. The summed E-state index contributed by atoms with van der Waals surface area (Å²) in [4.78, 5) is 62.4. The number of hydrogen-bond donors (Lipinski definition) is 2. The average molecular weight is 723 g/mol. The Labute approximate surface area is 305 Å². The highest BCUT2D eigenvalue weighted by Crippen LogP contribution is 2.24. The van der Waals surface area contributed by atoms with Crippen molar-refractivity contribution in [3.8, 4) is 0 Å². The van der Waals surface area contributed by atoms with Gasteiger partial charge in [-0.15, -0.1) is 4.99 Å². The Morgan fingerprint density at radius 2 is 1.37 bits per heavy atom. The summed E-state index contributed by atoms with van der Waals surface area (Å²) < 4.78 is 22.7. The zero-order valence-electron chi connectivity index (χ0n) is 33.0. The van der Waals surface area contributed by atoms with Crippen LogP contribution in [-0.4, -0.2) is 132 Å². The Morgan fingerprint density at radius 3 is 1.96 bits per heavy atom. The summed E-state index contributed by atoms with van der Waals surface area (Å²) >= 11 is 0. The van der Waals surface area contributed by atoms with Gasteiger partial charge in [-0.05, 0) is 134 Å². The standard InChI is InChI=1S/C37H66N6O8/c1-35(2,3)49-30(44)25-29(38-26-14-20-41(10)21-15-26)31(45)43-19-12-11-13-27(43)18-24-48-28-16-22-42(23-17-28)32(39-33(46)50-36(4,5)6)40-34(47)51-37(7,8)9/h26-29,38H,11-25H2,1-10H3,(H,39,40,46,47)/t27?,29-/m0/s1. The van der Waals surface area contributed by atoms with Gasteiger partial charge in [0.15, 0.2) is 0 Å². The van der Waals surface area contributed by atoms with Crippen LogP contribution in [0.25, 0.3) is 0 Å². The number of carbonyl (C=O) groups excluding carboxylic acids is 4. The van der Waals surface area contributed by atoms with Gasteiger partial charge in [-0.1, -0.05) is 0 Å². The van der Waals surface area contributed by atoms with Crippen molar-refractivity contribution in [3.63, 3.8) is 0 Å². The zero-order chi connectivity index (χ0) is 38.0. The van der Waals surface area contributed by atoms with Gasteiger partial charge in [-0.2, -0.15) is 0 Å². The fraction of sp³-hybridized carbons (Fsp3) is 0.865. The van der Waals surface area contributed by atoms with Gasteiger partial charge in [-0.25, -0.2) is 9.59 Å². The normalized spacial score (nSPS) is 21.2. The zero-order valence-corrected chi connectivity index (χ0v) is 33.0. The lowest BCUT2D eigenvalue weighted by molar-refractivity contribution is -0.158. The van der Waals surface area contributed by atoms with Gasteiger partial charge < -0.3 is 39.0 Å². The first-order valence-electron chi connectivity index (χ1n) is 18.8. The molecule has 3 aliphatic heterocycles. The number of hydrogen-bond acceptors (Lipinski definition) is 10. The van der Waals surface area contributed by atoms with Crippen LogP contribution in [0.3, 0.4) is 0 Å². The van der Waals surface area contributed by atoms with Crippen LogP contribution >= 0.6 is 0 Å². The third-order valence-electron chi connectivity index (χ3n) is 8.90. The summed E-state index contributed by atoms with van der Waals surface area (Å²) in [7, 11) is 2.10. The lowest BCUT2D eigenvalue weighted by Crippen LogP contribution is -2.56. The van der Waals surface area contributed by atoms with Crippen LogP contribution in [0.2, 0.25) is 0 Å². The summed E-state index contributed by atoms with van der Waals surface area (Å²) in [6.07, 6.45) is 5.21. The molecular weight excluding hydrogens is 656 g/mol. The van der Waals surface area contributed by atoms with Crippen LogP contribution in [0.5, 0.6) is 0 Å². The first-order valence-corrected chi connectivity index (χ1v) is 18.8. The average Bonchev–Trinajstić information content (AvgIpc) is 2.99. The van der Waals surface area contributed by atoms with E-state index < -0.39 is 35.0 Å². The molecule has 14 heteroatoms. The monoisotopic (exact) mass is 722 g/mol. The molecule has 0 aliphatic carbocycles. The SMILES string of the molecule is CN1CCC(N[C@@H](CC(=O)OC(C)(C)C)C(=O)N2CCCCC2CCOC2CCN(/C(=N/C(=O)OC(C)(C)C)NC(=O)OC(C)(C)C)CC2)CC1. The second-order valence-corrected chi connectivity index (χ2v) is 17.2. The number of rotatable bonds is 9. The van der Waals surface area contributed by atoms with Crippen LogP contribution in [-0.2, 0) is 28.5 Å². The fourth-order valence-electron chi connectivity index (χ4n) is 6.57. The van der Waals surface area contributed by atoms with E-state index >= 15 is 0 Å². The van der Waals surface area contributed by atoms with Gasteiger partial charge in [0.25, 0.3) is 0 Å². The fourth-order valence-corrected chi connectivity index (χ4v) is 6.57. The largest absolute Gasteiger partial charge is 0.460 e. The Balaban J connectivity index is 1.59. The summed E-state index contributed by atoms with van der Waals surface area (Å²) in [5, 5.41) is 6.19. The molecule has 0 spiro atoms. The van der Waals surface area contributed by atoms with E-state index in [0.717, 1.165) is 45.2 Å². The first kappa shape index (κ1) is 42.4. The van der Waals surface area contributed by atoms with Crippen LogP contribution in [0.1, 0.15) is 120 Å². The molecule has 0 radical (unpaired) electrons. The molecule has 0 saturated carbocycles. The van der Waals surface area contributed by atoms with Crippen molar-refractivity contribution >= 4 is 30.0 Å². The molecule has 3 fully saturated rings. The number of carbonyl (C=O) groups is 4. The van der Waals surface area contributed by atoms with Gasteiger partial charge in [0, 0.05) is 38.3 Å². The van der Waals surface area contributed by atoms with E-state index in [1.807, 2.05) is 30.6 Å². The molecule has 3 aliphatic rings. The highest BCUT2D eigenvalue weighted by atomic mass is 16.6. The van der Waals surface area contributed by atoms with Crippen molar-refractivity contribution in [2.45, 2.75) is 161 Å². The van der Waals surface area contributed by atoms with Gasteiger partial charge in [0.1, 0.15) is 16.8 Å². The van der Waals surface area contributed by atoms with Crippen LogP contribution in [0.4, 0.5) is 9.59 Å². The smallest absolute Gasteiger partial charge is 0.437 e. The molecule has 0 aromatic heterocycles. The molecule has 1 unspecified atom stereocenters. The molecule has 2 N–H and O–H groups in total. The number of nitrogens with one attached hydrogen (secondary N) is 2. The molecular formula is C37H66N6O8. The molecule has 0 aromatic carbocycles. The van der Waals surface area contributed by atoms with E-state index in [9.17, 15) is 19.2 Å². The number of alkyl carbamates (subject to hydrolysis) is 1. The summed E-state index contributed by atoms with van der Waals surface area (Å²) in [5.74, 6) is -0.319. The van der Waals surface area contributed by atoms with E-state index in [1.165, 1.54) is 0 Å². The molecule has 3 saturated heterocycles. The molecule has 3 rings (SSSR count). The van der Waals surface area contributed by atoms with Gasteiger partial charge in [0.05, 0.1) is 18.6 Å². The van der Waals surface area contributed by atoms with Crippen molar-refractivity contribution in [2.75, 3.05) is 46.4 Å². The number of esters is 1. The Morgan fingerprint density at radius 1 is 0.765 bits per heavy atom. The molecule has 51 heavy (non-hydrogen) atoms. The number of ether oxygens (including phenoxy) is 4. The number of nitrogens with zero attached hydrogens (tertiary/aromatic N) is 4. The van der Waals surface area contributed by atoms with Gasteiger partial charge in [-0.3, -0.25) is 14.9 Å². The number of guanidine groups is 1. The molecule has 3 heterocycles. The number of amides is 3. The Hall–Kier alpha value is -2.97. The number of likely N-dealkylation sites (tertiary alicyclic amines) is 3. The molecule has 2 atom stereocenters. The second kappa shape index (κ2) is 18.7. The van der Waals surface area contributed by atoms with Gasteiger partial charge in [0.2, 0.25) is 11.9 Å². The van der Waals surface area contributed by atoms with E-state index in [1.54, 1.807) is 41.5 Å². The maximum absolute atomic E-state index is 14.1. The molecule has 0 bridgehead atoms. The second-order valence-electron chi connectivity index (χ2n) is 17.2. The maximum atomic E-state index is 14.1. The van der Waals surface area contributed by atoms with Crippen molar-refractivity contribution in [3.05, 3.63) is 0 Å². The summed E-state index contributed by atoms with van der Waals surface area (Å²) in [5.41, 5.74) is -2.08. The van der Waals surface area contributed by atoms with Crippen LogP contribution < -0.4 is 10.6 Å². The minimum Gasteiger partial charge on any atom is -0.460 e. The minimum atomic E-state index is -0.798. The Kier molecular flexibility index (Phi) is 15.5. The van der Waals surface area contributed by atoms with E-state index in [4.69, 9.17) is 18.9 Å². The third kappa shape index (κ3) is 16.1. The predicted molar refractivity (Wildman–Crippen MR) is 195 cm³/mol. The van der Waals surface area contributed by atoms with E-state index in [-0.39, 0.29) is 42.4 Å². The quantitative estimate of drug-likeness (QED) is 0.146. The van der Waals surface area contributed by atoms with Crippen molar-refractivity contribution in [1.82, 2.24) is 25.3 Å². The van der Waals surface area contributed by atoms with Gasteiger partial charge >= 0.3 is 18.2 Å². The number of aliphatic imine (C=N–C) groups is 1. The molecule has 14 nitrogen and oxygen atoms in total. The minimum absolute atomic E-state index is 0.00272. The lowest BCUT2D eigenvalue weighted by Gasteiger charge is -2.40. The highest BCUT2D eigenvalue weighted by Gasteiger charge is 2.36. The lowest BCUT2D eigenvalue weighted by atomic mass is 9.97.